The van der Waals surface area contributed by atoms with Gasteiger partial charge < -0.3 is 14.6 Å². The van der Waals surface area contributed by atoms with Crippen LogP contribution in [0.4, 0.5) is 0 Å². The molecule has 3 amide bonds. The van der Waals surface area contributed by atoms with Gasteiger partial charge >= 0.3 is 4.87 Å². The number of imide groups is 1. The van der Waals surface area contributed by atoms with Crippen molar-refractivity contribution in [2.75, 3.05) is 32.8 Å². The van der Waals surface area contributed by atoms with Gasteiger partial charge in [-0.3, -0.25) is 24.1 Å². The average molecular weight is 478 g/mol. The first-order valence-electron chi connectivity index (χ1n) is 11.5. The molecule has 8 nitrogen and oxygen atoms in total. The first-order valence-corrected chi connectivity index (χ1v) is 13.2. The number of morpholine rings is 1. The maximum atomic E-state index is 13.5. The van der Waals surface area contributed by atoms with Crippen molar-refractivity contribution in [3.8, 4) is 0 Å². The summed E-state index contributed by atoms with van der Waals surface area (Å²) in [4.78, 5) is 58.8. The van der Waals surface area contributed by atoms with E-state index in [1.165, 1.54) is 16.2 Å². The van der Waals surface area contributed by atoms with Crippen LogP contribution >= 0.6 is 23.1 Å². The third-order valence-electron chi connectivity index (χ3n) is 8.71. The molecule has 0 aromatic carbocycles. The lowest BCUT2D eigenvalue weighted by molar-refractivity contribution is -0.148. The number of aromatic amines is 1. The minimum absolute atomic E-state index is 0.0327. The highest BCUT2D eigenvalue weighted by molar-refractivity contribution is 8.00. The van der Waals surface area contributed by atoms with Gasteiger partial charge in [0.05, 0.1) is 30.1 Å². The summed E-state index contributed by atoms with van der Waals surface area (Å²) in [6, 6.07) is 0. The van der Waals surface area contributed by atoms with Crippen LogP contribution in [0.3, 0.4) is 0 Å². The van der Waals surface area contributed by atoms with E-state index in [-0.39, 0.29) is 69.4 Å². The van der Waals surface area contributed by atoms with E-state index in [1.54, 1.807) is 16.7 Å². The van der Waals surface area contributed by atoms with Crippen molar-refractivity contribution in [3.63, 3.8) is 0 Å². The molecule has 5 aliphatic rings. The van der Waals surface area contributed by atoms with Crippen LogP contribution < -0.4 is 4.87 Å². The highest BCUT2D eigenvalue weighted by Gasteiger charge is 2.71. The summed E-state index contributed by atoms with van der Waals surface area (Å²) in [5, 5.41) is 1.17. The molecule has 0 radical (unpaired) electrons. The molecule has 2 aliphatic carbocycles. The number of thiazole rings is 1. The summed E-state index contributed by atoms with van der Waals surface area (Å²) in [5.74, 6) is -0.663. The monoisotopic (exact) mass is 477 g/mol. The SMILES string of the molecule is CC[C@]1(C)c2sc(=O)[nH]c2S[C@@H]2[C@H]3C[C@@H]([C@@H]4C(=O)N(CC(=O)N5CCOCC5)C(=O)[C@H]34)[C@H]21. The fraction of sp³-hybridized carbons (Fsp3) is 0.727. The fourth-order valence-electron chi connectivity index (χ4n) is 7.16. The van der Waals surface area contributed by atoms with E-state index in [4.69, 9.17) is 4.74 Å². The van der Waals surface area contributed by atoms with Gasteiger partial charge in [-0.05, 0) is 30.6 Å². The van der Waals surface area contributed by atoms with Crippen LogP contribution in [0.15, 0.2) is 9.82 Å². The van der Waals surface area contributed by atoms with E-state index in [0.717, 1.165) is 22.7 Å². The van der Waals surface area contributed by atoms with Gasteiger partial charge in [-0.25, -0.2) is 0 Å². The maximum Gasteiger partial charge on any atom is 0.305 e. The van der Waals surface area contributed by atoms with E-state index in [9.17, 15) is 19.2 Å². The van der Waals surface area contributed by atoms with E-state index in [0.29, 0.717) is 26.3 Å². The molecule has 1 N–H and O–H groups in total. The van der Waals surface area contributed by atoms with Gasteiger partial charge in [0.15, 0.2) is 0 Å². The quantitative estimate of drug-likeness (QED) is 0.659. The molecule has 10 heteroatoms. The smallest absolute Gasteiger partial charge is 0.305 e. The summed E-state index contributed by atoms with van der Waals surface area (Å²) in [6.45, 7) is 6.21. The number of H-pyrrole nitrogens is 1. The van der Waals surface area contributed by atoms with Crippen molar-refractivity contribution in [1.29, 1.82) is 0 Å². The minimum atomic E-state index is -0.327. The van der Waals surface area contributed by atoms with Gasteiger partial charge in [0, 0.05) is 28.6 Å². The average Bonchev–Trinajstić information content (AvgIpc) is 3.52. The molecule has 0 unspecified atom stereocenters. The molecule has 172 valence electrons. The molecule has 1 aromatic rings. The second kappa shape index (κ2) is 7.17. The molecule has 7 atom stereocenters. The first-order chi connectivity index (χ1) is 15.3. The van der Waals surface area contributed by atoms with Gasteiger partial charge in [-0.15, -0.1) is 11.8 Å². The Morgan fingerprint density at radius 2 is 1.84 bits per heavy atom. The number of fused-ring (bicyclic) bond motifs is 9. The number of nitrogens with zero attached hydrogens (tertiary/aromatic N) is 2. The van der Waals surface area contributed by atoms with Crippen LogP contribution in [0.2, 0.25) is 0 Å². The Hall–Kier alpha value is -1.65. The van der Waals surface area contributed by atoms with Crippen molar-refractivity contribution in [2.24, 2.45) is 29.6 Å². The third kappa shape index (κ3) is 2.66. The fourth-order valence-corrected chi connectivity index (χ4v) is 10.4. The number of carbonyl (C=O) groups is 3. The molecule has 2 bridgehead atoms. The molecule has 2 saturated carbocycles. The van der Waals surface area contributed by atoms with Crippen LogP contribution in [0.5, 0.6) is 0 Å². The van der Waals surface area contributed by atoms with E-state index < -0.39 is 0 Å². The molecule has 4 fully saturated rings. The largest absolute Gasteiger partial charge is 0.378 e. The lowest BCUT2D eigenvalue weighted by atomic mass is 9.62. The Balaban J connectivity index is 1.30. The second-order valence-electron chi connectivity index (χ2n) is 9.92. The van der Waals surface area contributed by atoms with E-state index >= 15 is 0 Å². The van der Waals surface area contributed by atoms with Crippen molar-refractivity contribution in [2.45, 2.75) is 42.4 Å². The topological polar surface area (TPSA) is 99.8 Å². The zero-order chi connectivity index (χ0) is 22.4. The highest BCUT2D eigenvalue weighted by atomic mass is 32.2. The molecule has 2 saturated heterocycles. The molecular weight excluding hydrogens is 450 g/mol. The second-order valence-corrected chi connectivity index (χ2v) is 12.1. The zero-order valence-electron chi connectivity index (χ0n) is 18.2. The standard InChI is InChI=1S/C22H27N3O5S2/c1-3-22(2)15-10-8-11(16(15)31-18-17(22)32-21(29)23-18)14-13(10)19(27)25(20(14)28)9-12(26)24-4-6-30-7-5-24/h10-11,13-16H,3-9H2,1-2H3,(H,23,29)/t10-,11-,13-,14+,15+,16+,22-/m0/s1. The number of nitrogens with one attached hydrogen (secondary N) is 1. The van der Waals surface area contributed by atoms with Gasteiger partial charge in [0.2, 0.25) is 17.7 Å². The molecule has 4 heterocycles. The summed E-state index contributed by atoms with van der Waals surface area (Å²) in [6.07, 6.45) is 1.77. The number of carbonyl (C=O) groups excluding carboxylic acids is 3. The van der Waals surface area contributed by atoms with Crippen molar-refractivity contribution >= 4 is 40.8 Å². The third-order valence-corrected chi connectivity index (χ3v) is 11.5. The Morgan fingerprint density at radius 1 is 1.16 bits per heavy atom. The van der Waals surface area contributed by atoms with Crippen LogP contribution in [-0.2, 0) is 24.5 Å². The van der Waals surface area contributed by atoms with E-state index in [2.05, 4.69) is 18.8 Å². The van der Waals surface area contributed by atoms with Crippen molar-refractivity contribution in [1.82, 2.24) is 14.8 Å². The lowest BCUT2D eigenvalue weighted by Crippen LogP contribution is -2.49. The zero-order valence-corrected chi connectivity index (χ0v) is 19.8. The van der Waals surface area contributed by atoms with Crippen LogP contribution in [0.1, 0.15) is 31.6 Å². The minimum Gasteiger partial charge on any atom is -0.378 e. The van der Waals surface area contributed by atoms with Crippen LogP contribution in [0, 0.1) is 29.6 Å². The molecule has 1 aromatic heterocycles. The number of rotatable bonds is 3. The Labute approximate surface area is 194 Å². The van der Waals surface area contributed by atoms with Crippen molar-refractivity contribution in [3.05, 3.63) is 14.5 Å². The molecule has 0 spiro atoms. The summed E-state index contributed by atoms with van der Waals surface area (Å²) in [5.41, 5.74) is -0.181. The summed E-state index contributed by atoms with van der Waals surface area (Å²) >= 11 is 3.00. The predicted molar refractivity (Wildman–Crippen MR) is 118 cm³/mol. The Morgan fingerprint density at radius 3 is 2.53 bits per heavy atom. The first kappa shape index (κ1) is 20.9. The number of hydrogen-bond donors (Lipinski definition) is 1. The normalized spacial score (nSPS) is 39.9. The number of thioether (sulfide) groups is 1. The maximum absolute atomic E-state index is 13.5. The van der Waals surface area contributed by atoms with Gasteiger partial charge in [0.1, 0.15) is 6.54 Å². The Kier molecular flexibility index (Phi) is 4.69. The summed E-state index contributed by atoms with van der Waals surface area (Å²) < 4.78 is 5.31. The number of likely N-dealkylation sites (tertiary alicyclic amines) is 1. The van der Waals surface area contributed by atoms with Crippen LogP contribution in [0.25, 0.3) is 0 Å². The van der Waals surface area contributed by atoms with Crippen molar-refractivity contribution < 1.29 is 19.1 Å². The molecule has 32 heavy (non-hydrogen) atoms. The van der Waals surface area contributed by atoms with Gasteiger partial charge in [-0.1, -0.05) is 25.2 Å². The summed E-state index contributed by atoms with van der Waals surface area (Å²) in [7, 11) is 0. The van der Waals surface area contributed by atoms with Crippen LogP contribution in [-0.4, -0.2) is 70.6 Å². The van der Waals surface area contributed by atoms with E-state index in [1.807, 2.05) is 0 Å². The van der Waals surface area contributed by atoms with Gasteiger partial charge in [0.25, 0.3) is 0 Å². The number of ether oxygens (including phenoxy) is 1. The molecule has 3 aliphatic heterocycles. The highest BCUT2D eigenvalue weighted by Crippen LogP contribution is 2.69. The predicted octanol–water partition coefficient (Wildman–Crippen LogP) is 1.30. The lowest BCUT2D eigenvalue weighted by Gasteiger charge is -2.48. The Bertz CT molecular complexity index is 1060. The number of amides is 3. The molecule has 6 rings (SSSR count). The molecular formula is C22H27N3O5S2. The number of hydrogen-bond acceptors (Lipinski definition) is 7. The van der Waals surface area contributed by atoms with Gasteiger partial charge in [-0.2, -0.15) is 0 Å². The number of aromatic nitrogens is 1.